The second kappa shape index (κ2) is 9.58. The number of benzene rings is 2. The molecule has 2 atom stereocenters. The van der Waals surface area contributed by atoms with Crippen molar-refractivity contribution in [1.82, 2.24) is 0 Å². The molecule has 0 radical (unpaired) electrons. The Morgan fingerprint density at radius 2 is 1.17 bits per heavy atom. The summed E-state index contributed by atoms with van der Waals surface area (Å²) in [6.07, 6.45) is 10.7. The SMILES string of the molecule is BrC1[C-]=Cc2cc(Sc3ccc4c(c3)C=[C-]C4Br)ccc21.[Cl-].[Cl-].[Zr+4]. The van der Waals surface area contributed by atoms with Gasteiger partial charge in [-0.1, -0.05) is 36.0 Å². The van der Waals surface area contributed by atoms with Crippen LogP contribution in [-0.4, -0.2) is 0 Å². The third-order valence-electron chi connectivity index (χ3n) is 3.67. The first kappa shape index (κ1) is 22.7. The van der Waals surface area contributed by atoms with Crippen molar-refractivity contribution in [1.29, 1.82) is 0 Å². The zero-order valence-electron chi connectivity index (χ0n) is 12.2. The van der Waals surface area contributed by atoms with Gasteiger partial charge in [0, 0.05) is 0 Å². The molecule has 0 amide bonds. The van der Waals surface area contributed by atoms with Crippen LogP contribution in [0.2, 0.25) is 0 Å². The molecule has 120 valence electrons. The smallest absolute Gasteiger partial charge is 1.00 e. The van der Waals surface area contributed by atoms with Crippen LogP contribution >= 0.6 is 43.6 Å². The zero-order valence-corrected chi connectivity index (χ0v) is 20.2. The first-order chi connectivity index (χ1) is 10.2. The van der Waals surface area contributed by atoms with E-state index in [1.807, 2.05) is 0 Å². The van der Waals surface area contributed by atoms with Crippen LogP contribution in [0.1, 0.15) is 31.9 Å². The minimum Gasteiger partial charge on any atom is -1.00 e. The summed E-state index contributed by atoms with van der Waals surface area (Å²) in [4.78, 5) is 3.00. The average Bonchev–Trinajstić information content (AvgIpc) is 3.03. The molecule has 0 bridgehead atoms. The van der Waals surface area contributed by atoms with Crippen LogP contribution in [0.4, 0.5) is 0 Å². The van der Waals surface area contributed by atoms with E-state index >= 15 is 0 Å². The molecule has 2 aromatic carbocycles. The molecule has 2 aliphatic rings. The molecule has 0 N–H and O–H groups in total. The maximum absolute atomic E-state index is 3.60. The molecule has 4 rings (SSSR count). The van der Waals surface area contributed by atoms with Gasteiger partial charge in [-0.15, -0.1) is 55.1 Å². The van der Waals surface area contributed by atoms with Crippen molar-refractivity contribution in [3.05, 3.63) is 70.8 Å². The maximum atomic E-state index is 3.60. The summed E-state index contributed by atoms with van der Waals surface area (Å²) >= 11 is 9.00. The fourth-order valence-electron chi connectivity index (χ4n) is 2.59. The number of halogens is 4. The standard InChI is InChI=1S/C18H10Br2S.2ClH.Zr/c19-17-7-1-11-9-13(3-5-15(11)17)21-14-4-6-16-12(10-14)2-8-18(16)20;;;/h1-6,9-10,17-18H;2*1H;/q-2;;;+4/p-2. The summed E-state index contributed by atoms with van der Waals surface area (Å²) in [6, 6.07) is 13.2. The number of fused-ring (bicyclic) bond motifs is 2. The summed E-state index contributed by atoms with van der Waals surface area (Å²) in [5.41, 5.74) is 5.12. The van der Waals surface area contributed by atoms with Crippen LogP contribution in [0, 0.1) is 12.2 Å². The molecule has 2 unspecified atom stereocenters. The Balaban J connectivity index is 0.000000960. The Hall–Kier alpha value is 0.693. The van der Waals surface area contributed by atoms with Crippen molar-refractivity contribution in [2.45, 2.75) is 19.4 Å². The van der Waals surface area contributed by atoms with Gasteiger partial charge in [0.2, 0.25) is 0 Å². The van der Waals surface area contributed by atoms with E-state index in [2.05, 4.69) is 92.6 Å². The number of alkyl halides is 2. The molecule has 0 fully saturated rings. The minimum absolute atomic E-state index is 0. The van der Waals surface area contributed by atoms with Crippen LogP contribution in [-0.2, 0) is 26.2 Å². The summed E-state index contributed by atoms with van der Waals surface area (Å²) in [6.45, 7) is 0. The predicted molar refractivity (Wildman–Crippen MR) is 95.8 cm³/mol. The van der Waals surface area contributed by atoms with Crippen LogP contribution < -0.4 is 24.8 Å². The van der Waals surface area contributed by atoms with Gasteiger partial charge < -0.3 is 24.8 Å². The van der Waals surface area contributed by atoms with Gasteiger partial charge >= 0.3 is 26.2 Å². The molecule has 0 saturated carbocycles. The minimum atomic E-state index is 0. The van der Waals surface area contributed by atoms with Gasteiger partial charge in [-0.2, -0.15) is 11.1 Å². The molecule has 0 nitrogen and oxygen atoms in total. The van der Waals surface area contributed by atoms with Gasteiger partial charge in [0.15, 0.2) is 0 Å². The molecule has 6 heteroatoms. The Labute approximate surface area is 195 Å². The maximum Gasteiger partial charge on any atom is 4.00 e. The van der Waals surface area contributed by atoms with Gasteiger partial charge in [-0.05, 0) is 19.4 Å². The molecular formula is C18H10Br2Cl2SZr. The molecule has 0 aromatic heterocycles. The Bertz CT molecular complexity index is 727. The fraction of sp³-hybridized carbons (Fsp3) is 0.111. The second-order valence-corrected chi connectivity index (χ2v) is 8.01. The molecule has 0 heterocycles. The summed E-state index contributed by atoms with van der Waals surface area (Å²) in [5.74, 6) is 0. The molecule has 0 saturated heterocycles. The number of rotatable bonds is 2. The van der Waals surface area contributed by atoms with E-state index in [1.165, 1.54) is 32.0 Å². The quantitative estimate of drug-likeness (QED) is 0.366. The summed E-state index contributed by atoms with van der Waals surface area (Å²) in [5, 5.41) is 0. The predicted octanol–water partition coefficient (Wildman–Crippen LogP) is 0.375. The Morgan fingerprint density at radius 3 is 1.58 bits per heavy atom. The van der Waals surface area contributed by atoms with E-state index in [0.29, 0.717) is 0 Å². The molecular weight excluding hydrogens is 570 g/mol. The number of hydrogen-bond donors (Lipinski definition) is 0. The molecule has 0 aliphatic heterocycles. The Kier molecular flexibility index (Phi) is 9.07. The van der Waals surface area contributed by atoms with Crippen molar-refractivity contribution >= 4 is 55.8 Å². The monoisotopic (exact) mass is 576 g/mol. The third kappa shape index (κ3) is 4.50. The van der Waals surface area contributed by atoms with Crippen LogP contribution in [0.3, 0.4) is 0 Å². The van der Waals surface area contributed by atoms with Crippen molar-refractivity contribution in [3.63, 3.8) is 0 Å². The third-order valence-corrected chi connectivity index (χ3v) is 6.16. The van der Waals surface area contributed by atoms with Crippen molar-refractivity contribution in [2.75, 3.05) is 0 Å². The average molecular weight is 580 g/mol. The number of allylic oxidation sites excluding steroid dienone is 2. The van der Waals surface area contributed by atoms with E-state index < -0.39 is 0 Å². The van der Waals surface area contributed by atoms with E-state index in [1.54, 1.807) is 11.8 Å². The van der Waals surface area contributed by atoms with Gasteiger partial charge in [0.1, 0.15) is 0 Å². The largest absolute Gasteiger partial charge is 4.00 e. The molecule has 2 aliphatic carbocycles. The molecule has 2 aromatic rings. The fourth-order valence-corrected chi connectivity index (χ4v) is 4.60. The Morgan fingerprint density at radius 1 is 0.750 bits per heavy atom. The van der Waals surface area contributed by atoms with E-state index in [9.17, 15) is 0 Å². The van der Waals surface area contributed by atoms with Gasteiger partial charge in [-0.25, -0.2) is 12.2 Å². The first-order valence-corrected chi connectivity index (χ1v) is 9.28. The van der Waals surface area contributed by atoms with Crippen molar-refractivity contribution in [2.24, 2.45) is 0 Å². The summed E-state index contributed by atoms with van der Waals surface area (Å²) in [7, 11) is 0. The normalized spacial score (nSPS) is 18.9. The summed E-state index contributed by atoms with van der Waals surface area (Å²) < 4.78 is 0. The first-order valence-electron chi connectivity index (χ1n) is 6.63. The van der Waals surface area contributed by atoms with Crippen LogP contribution in [0.25, 0.3) is 12.2 Å². The van der Waals surface area contributed by atoms with Crippen molar-refractivity contribution < 1.29 is 51.0 Å². The van der Waals surface area contributed by atoms with Crippen LogP contribution in [0.5, 0.6) is 0 Å². The zero-order chi connectivity index (χ0) is 14.4. The van der Waals surface area contributed by atoms with E-state index in [4.69, 9.17) is 0 Å². The van der Waals surface area contributed by atoms with Gasteiger partial charge in [0.25, 0.3) is 0 Å². The number of hydrogen-bond acceptors (Lipinski definition) is 1. The van der Waals surface area contributed by atoms with Gasteiger partial charge in [0.05, 0.1) is 0 Å². The van der Waals surface area contributed by atoms with Crippen molar-refractivity contribution in [3.8, 4) is 0 Å². The van der Waals surface area contributed by atoms with E-state index in [0.717, 1.165) is 0 Å². The van der Waals surface area contributed by atoms with E-state index in [-0.39, 0.29) is 60.7 Å². The van der Waals surface area contributed by atoms with Gasteiger partial charge in [-0.3, -0.25) is 12.2 Å². The molecule has 0 spiro atoms. The topological polar surface area (TPSA) is 0 Å². The molecule has 24 heavy (non-hydrogen) atoms. The van der Waals surface area contributed by atoms with Crippen LogP contribution in [0.15, 0.2) is 46.2 Å². The second-order valence-electron chi connectivity index (χ2n) is 5.03.